The molecule has 0 spiro atoms. The van der Waals surface area contributed by atoms with Crippen LogP contribution in [0.4, 0.5) is 16.2 Å². The number of aromatic nitrogens is 1. The number of carbonyl (C=O) groups is 1. The lowest BCUT2D eigenvalue weighted by Crippen LogP contribution is -2.34. The van der Waals surface area contributed by atoms with Crippen LogP contribution in [0.15, 0.2) is 30.5 Å². The van der Waals surface area contributed by atoms with Gasteiger partial charge in [0.25, 0.3) is 5.69 Å². The number of hydrogen-bond donors (Lipinski definition) is 0. The molecule has 1 aromatic carbocycles. The minimum atomic E-state index is -0.667. The van der Waals surface area contributed by atoms with Crippen LogP contribution in [0.2, 0.25) is 0 Å². The number of nitro benzene ring substituents is 1. The quantitative estimate of drug-likeness (QED) is 0.313. The number of benzene rings is 1. The van der Waals surface area contributed by atoms with Gasteiger partial charge in [-0.2, -0.15) is 0 Å². The van der Waals surface area contributed by atoms with Crippen LogP contribution in [0.25, 0.3) is 12.2 Å². The molecule has 2 rings (SSSR count). The summed E-state index contributed by atoms with van der Waals surface area (Å²) in [4.78, 5) is 28.7. The average molecular weight is 511 g/mol. The van der Waals surface area contributed by atoms with Gasteiger partial charge in [0.2, 0.25) is 5.88 Å². The number of nitrogens with zero attached hydrogens (tertiary/aromatic N) is 3. The fraction of sp³-hybridized carbons (Fsp3) is 0.300. The van der Waals surface area contributed by atoms with Crippen molar-refractivity contribution in [1.82, 2.24) is 4.98 Å². The van der Waals surface area contributed by atoms with Gasteiger partial charge in [0.15, 0.2) is 0 Å². The van der Waals surface area contributed by atoms with E-state index in [0.717, 1.165) is 9.13 Å². The molecular weight excluding hydrogens is 489 g/mol. The molecule has 0 atom stereocenters. The Labute approximate surface area is 182 Å². The maximum absolute atomic E-state index is 12.2. The third-order valence-corrected chi connectivity index (χ3v) is 4.73. The zero-order valence-electron chi connectivity index (χ0n) is 16.8. The van der Waals surface area contributed by atoms with Crippen LogP contribution in [-0.2, 0) is 4.74 Å². The number of rotatable bonds is 5. The first kappa shape index (κ1) is 22.6. The number of halogens is 1. The number of amides is 1. The fourth-order valence-electron chi connectivity index (χ4n) is 2.39. The van der Waals surface area contributed by atoms with E-state index in [9.17, 15) is 14.9 Å². The molecule has 0 N–H and O–H groups in total. The maximum Gasteiger partial charge on any atom is 0.414 e. The number of nitro groups is 1. The number of hydrogen-bond acceptors (Lipinski definition) is 6. The van der Waals surface area contributed by atoms with Gasteiger partial charge in [0.1, 0.15) is 5.60 Å². The molecule has 9 heteroatoms. The van der Waals surface area contributed by atoms with Crippen molar-refractivity contribution in [2.75, 3.05) is 19.1 Å². The Morgan fingerprint density at radius 1 is 1.28 bits per heavy atom. The molecule has 154 valence electrons. The van der Waals surface area contributed by atoms with Gasteiger partial charge in [-0.3, -0.25) is 15.0 Å². The molecule has 0 aliphatic rings. The van der Waals surface area contributed by atoms with Crippen molar-refractivity contribution in [3.05, 3.63) is 55.3 Å². The molecule has 0 saturated carbocycles. The van der Waals surface area contributed by atoms with Gasteiger partial charge in [0.05, 0.1) is 28.8 Å². The average Bonchev–Trinajstić information content (AvgIpc) is 2.64. The molecule has 1 aromatic heterocycles. The highest BCUT2D eigenvalue weighted by atomic mass is 127. The van der Waals surface area contributed by atoms with Crippen molar-refractivity contribution in [1.29, 1.82) is 0 Å². The number of methoxy groups -OCH3 is 1. The summed E-state index contributed by atoms with van der Waals surface area (Å²) >= 11 is 2.14. The highest BCUT2D eigenvalue weighted by molar-refractivity contribution is 14.1. The fourth-order valence-corrected chi connectivity index (χ4v) is 2.97. The molecule has 0 unspecified atom stereocenters. The van der Waals surface area contributed by atoms with Crippen molar-refractivity contribution in [2.45, 2.75) is 26.4 Å². The van der Waals surface area contributed by atoms with Crippen molar-refractivity contribution < 1.29 is 19.2 Å². The monoisotopic (exact) mass is 511 g/mol. The first-order chi connectivity index (χ1) is 13.5. The van der Waals surface area contributed by atoms with Gasteiger partial charge in [0, 0.05) is 22.9 Å². The molecule has 0 radical (unpaired) electrons. The smallest absolute Gasteiger partial charge is 0.414 e. The molecule has 0 aliphatic carbocycles. The minimum Gasteiger partial charge on any atom is -0.481 e. The van der Waals surface area contributed by atoms with E-state index >= 15 is 0 Å². The summed E-state index contributed by atoms with van der Waals surface area (Å²) in [6.45, 7) is 5.26. The highest BCUT2D eigenvalue weighted by Crippen LogP contribution is 2.29. The van der Waals surface area contributed by atoms with E-state index in [1.807, 2.05) is 6.07 Å². The van der Waals surface area contributed by atoms with Crippen LogP contribution < -0.4 is 9.64 Å². The van der Waals surface area contributed by atoms with Crippen LogP contribution >= 0.6 is 22.6 Å². The third kappa shape index (κ3) is 5.89. The molecule has 1 heterocycles. The van der Waals surface area contributed by atoms with E-state index < -0.39 is 16.6 Å². The molecule has 8 nitrogen and oxygen atoms in total. The van der Waals surface area contributed by atoms with Crippen molar-refractivity contribution in [2.24, 2.45) is 0 Å². The van der Waals surface area contributed by atoms with Gasteiger partial charge >= 0.3 is 6.09 Å². The predicted octanol–water partition coefficient (Wildman–Crippen LogP) is 5.14. The Kier molecular flexibility index (Phi) is 7.17. The van der Waals surface area contributed by atoms with Gasteiger partial charge in [-0.1, -0.05) is 0 Å². The van der Waals surface area contributed by atoms with Crippen LogP contribution in [0.5, 0.6) is 5.88 Å². The zero-order valence-corrected chi connectivity index (χ0v) is 19.0. The second-order valence-electron chi connectivity index (χ2n) is 7.09. The summed E-state index contributed by atoms with van der Waals surface area (Å²) in [5.74, 6) is 0.428. The summed E-state index contributed by atoms with van der Waals surface area (Å²) in [6, 6.07) is 6.37. The number of anilines is 1. The molecule has 2 aromatic rings. The summed E-state index contributed by atoms with van der Waals surface area (Å²) in [6.07, 6.45) is 4.37. The molecule has 0 fully saturated rings. The lowest BCUT2D eigenvalue weighted by atomic mass is 10.1. The lowest BCUT2D eigenvalue weighted by molar-refractivity contribution is -0.385. The van der Waals surface area contributed by atoms with E-state index in [0.29, 0.717) is 17.1 Å². The number of carbonyl (C=O) groups excluding carboxylic acids is 1. The van der Waals surface area contributed by atoms with E-state index in [-0.39, 0.29) is 5.69 Å². The summed E-state index contributed by atoms with van der Waals surface area (Å²) in [5, 5.41) is 11.6. The predicted molar refractivity (Wildman–Crippen MR) is 120 cm³/mol. The van der Waals surface area contributed by atoms with Crippen LogP contribution in [0.3, 0.4) is 0 Å². The summed E-state index contributed by atoms with van der Waals surface area (Å²) < 4.78 is 11.5. The van der Waals surface area contributed by atoms with Crippen LogP contribution in [0.1, 0.15) is 31.9 Å². The van der Waals surface area contributed by atoms with Crippen molar-refractivity contribution in [3.8, 4) is 5.88 Å². The normalized spacial score (nSPS) is 11.4. The topological polar surface area (TPSA) is 94.8 Å². The molecule has 0 saturated heterocycles. The van der Waals surface area contributed by atoms with Gasteiger partial charge in [-0.15, -0.1) is 0 Å². The SMILES string of the molecule is COc1nccc(I)c1/C=C/c1ccc(N(C)C(=O)OC(C)(C)C)cc1[N+](=O)[O-]. The van der Waals surface area contributed by atoms with Crippen molar-refractivity contribution in [3.63, 3.8) is 0 Å². The Morgan fingerprint density at radius 3 is 2.55 bits per heavy atom. The Hall–Kier alpha value is -2.69. The van der Waals surface area contributed by atoms with E-state index in [2.05, 4.69) is 27.6 Å². The maximum atomic E-state index is 12.2. The zero-order chi connectivity index (χ0) is 21.8. The Morgan fingerprint density at radius 2 is 1.97 bits per heavy atom. The third-order valence-electron chi connectivity index (χ3n) is 3.79. The summed E-state index contributed by atoms with van der Waals surface area (Å²) in [7, 11) is 3.02. The molecule has 29 heavy (non-hydrogen) atoms. The number of ether oxygens (including phenoxy) is 2. The summed E-state index contributed by atoms with van der Waals surface area (Å²) in [5.41, 5.74) is 0.668. The minimum absolute atomic E-state index is 0.132. The Bertz CT molecular complexity index is 954. The van der Waals surface area contributed by atoms with E-state index in [1.54, 1.807) is 51.3 Å². The molecular formula is C20H22IN3O5. The van der Waals surface area contributed by atoms with Gasteiger partial charge in [-0.05, 0) is 73.7 Å². The number of pyridine rings is 1. The lowest BCUT2D eigenvalue weighted by Gasteiger charge is -2.24. The highest BCUT2D eigenvalue weighted by Gasteiger charge is 2.22. The van der Waals surface area contributed by atoms with Crippen LogP contribution in [0, 0.1) is 13.7 Å². The molecule has 0 bridgehead atoms. The van der Waals surface area contributed by atoms with Gasteiger partial charge in [-0.25, -0.2) is 9.78 Å². The first-order valence-electron chi connectivity index (χ1n) is 8.65. The largest absolute Gasteiger partial charge is 0.481 e. The van der Waals surface area contributed by atoms with Crippen LogP contribution in [-0.4, -0.2) is 35.8 Å². The van der Waals surface area contributed by atoms with E-state index in [1.165, 1.54) is 25.1 Å². The first-order valence-corrected chi connectivity index (χ1v) is 9.73. The molecule has 1 amide bonds. The second-order valence-corrected chi connectivity index (χ2v) is 8.25. The van der Waals surface area contributed by atoms with Gasteiger partial charge < -0.3 is 9.47 Å². The van der Waals surface area contributed by atoms with E-state index in [4.69, 9.17) is 9.47 Å². The molecule has 0 aliphatic heterocycles. The second kappa shape index (κ2) is 9.21. The van der Waals surface area contributed by atoms with Crippen molar-refractivity contribution >= 4 is 52.2 Å². The standard InChI is InChI=1S/C20H22IN3O5/c1-20(2,3)29-19(25)23(4)14-8-6-13(17(12-14)24(26)27)7-9-15-16(21)10-11-22-18(15)28-5/h6-12H,1-5H3/b9-7+. The Balaban J connectivity index is 2.39.